The van der Waals surface area contributed by atoms with Crippen molar-refractivity contribution < 1.29 is 19.4 Å². The van der Waals surface area contributed by atoms with Crippen LogP contribution >= 0.6 is 0 Å². The van der Waals surface area contributed by atoms with E-state index in [0.717, 1.165) is 29.8 Å². The SMILES string of the molecule is COc1ncc(-c2cc3c(n2C(C)C)C(c2ccc(C#N)cc2)N([C@H]2CC[C@H](O)CC2)C3=O)c(OC)n1. The normalized spacial score (nSPS) is 21.2. The molecule has 0 bridgehead atoms. The molecule has 2 aliphatic rings. The van der Waals surface area contributed by atoms with Crippen LogP contribution < -0.4 is 9.47 Å². The first-order valence-corrected chi connectivity index (χ1v) is 12.6. The van der Waals surface area contributed by atoms with E-state index in [1.807, 2.05) is 23.1 Å². The molecule has 1 aromatic carbocycles. The van der Waals surface area contributed by atoms with Gasteiger partial charge in [0.1, 0.15) is 0 Å². The summed E-state index contributed by atoms with van der Waals surface area (Å²) >= 11 is 0. The largest absolute Gasteiger partial charge is 0.480 e. The van der Waals surface area contributed by atoms with Gasteiger partial charge in [-0.3, -0.25) is 4.79 Å². The molecular formula is C28H31N5O4. The Hall–Kier alpha value is -3.90. The Labute approximate surface area is 216 Å². The number of nitriles is 1. The van der Waals surface area contributed by atoms with E-state index >= 15 is 0 Å². The van der Waals surface area contributed by atoms with Gasteiger partial charge in [0, 0.05) is 18.3 Å². The number of aromatic nitrogens is 3. The first-order chi connectivity index (χ1) is 17.9. The number of carbonyl (C=O) groups is 1. The quantitative estimate of drug-likeness (QED) is 0.537. The molecule has 0 radical (unpaired) electrons. The summed E-state index contributed by atoms with van der Waals surface area (Å²) < 4.78 is 12.9. The molecule has 2 aromatic heterocycles. The van der Waals surface area contributed by atoms with Crippen molar-refractivity contribution in [3.05, 3.63) is 58.9 Å². The van der Waals surface area contributed by atoms with Gasteiger partial charge in [0.05, 0.1) is 60.5 Å². The molecule has 3 aromatic rings. The van der Waals surface area contributed by atoms with Gasteiger partial charge in [-0.05, 0) is 63.3 Å². The molecule has 1 aliphatic heterocycles. The summed E-state index contributed by atoms with van der Waals surface area (Å²) in [6.45, 7) is 4.17. The van der Waals surface area contributed by atoms with E-state index in [9.17, 15) is 15.2 Å². The van der Waals surface area contributed by atoms with Crippen LogP contribution in [0.15, 0.2) is 36.5 Å². The lowest BCUT2D eigenvalue weighted by atomic mass is 9.90. The standard InChI is InChI=1S/C28H31N5O4/c1-16(2)32-23(22-15-30-28(37-4)31-26(22)36-3)13-21-25(32)24(18-7-5-17(14-29)6-8-18)33(27(21)35)19-9-11-20(34)12-10-19/h5-8,13,15-16,19-20,24,34H,9-12H2,1-4H3/t19-,20-,24?. The number of hydrogen-bond donors (Lipinski definition) is 1. The topological polar surface area (TPSA) is 114 Å². The highest BCUT2D eigenvalue weighted by atomic mass is 16.5. The fourth-order valence-electron chi connectivity index (χ4n) is 5.69. The maximum absolute atomic E-state index is 14.1. The van der Waals surface area contributed by atoms with Crippen LogP contribution in [0.25, 0.3) is 11.3 Å². The van der Waals surface area contributed by atoms with Crippen molar-refractivity contribution in [2.45, 2.75) is 63.8 Å². The van der Waals surface area contributed by atoms with E-state index in [1.165, 1.54) is 7.11 Å². The Bertz CT molecular complexity index is 1350. The highest BCUT2D eigenvalue weighted by Gasteiger charge is 2.46. The number of carbonyl (C=O) groups excluding carboxylic acids is 1. The van der Waals surface area contributed by atoms with E-state index in [1.54, 1.807) is 25.4 Å². The molecule has 1 N–H and O–H groups in total. The van der Waals surface area contributed by atoms with Crippen molar-refractivity contribution in [1.29, 1.82) is 5.26 Å². The summed E-state index contributed by atoms with van der Waals surface area (Å²) in [7, 11) is 3.05. The number of benzene rings is 1. The number of ether oxygens (including phenoxy) is 2. The van der Waals surface area contributed by atoms with E-state index in [-0.39, 0.29) is 36.1 Å². The van der Waals surface area contributed by atoms with Crippen LogP contribution in [0.5, 0.6) is 11.9 Å². The fraction of sp³-hybridized carbons (Fsp3) is 0.429. The second-order valence-corrected chi connectivity index (χ2v) is 9.88. The minimum atomic E-state index is -0.322. The van der Waals surface area contributed by atoms with Crippen molar-refractivity contribution in [1.82, 2.24) is 19.4 Å². The number of nitrogens with zero attached hydrogens (tertiary/aromatic N) is 5. The maximum Gasteiger partial charge on any atom is 0.319 e. The van der Waals surface area contributed by atoms with Gasteiger partial charge < -0.3 is 24.0 Å². The van der Waals surface area contributed by atoms with Crippen LogP contribution in [0.3, 0.4) is 0 Å². The fourth-order valence-corrected chi connectivity index (χ4v) is 5.69. The molecule has 9 nitrogen and oxygen atoms in total. The van der Waals surface area contributed by atoms with Gasteiger partial charge in [0.25, 0.3) is 5.91 Å². The average Bonchev–Trinajstić information content (AvgIpc) is 3.44. The van der Waals surface area contributed by atoms with E-state index in [4.69, 9.17) is 9.47 Å². The molecule has 1 unspecified atom stereocenters. The van der Waals surface area contributed by atoms with Crippen molar-refractivity contribution in [2.24, 2.45) is 0 Å². The van der Waals surface area contributed by atoms with Gasteiger partial charge in [0.2, 0.25) is 5.88 Å². The zero-order valence-electron chi connectivity index (χ0n) is 21.5. The van der Waals surface area contributed by atoms with Crippen LogP contribution in [-0.2, 0) is 0 Å². The third kappa shape index (κ3) is 4.21. The van der Waals surface area contributed by atoms with Crippen molar-refractivity contribution in [3.8, 4) is 29.2 Å². The van der Waals surface area contributed by atoms with Crippen molar-refractivity contribution in [3.63, 3.8) is 0 Å². The number of rotatable bonds is 6. The summed E-state index contributed by atoms with van der Waals surface area (Å²) in [6.07, 6.45) is 4.19. The minimum absolute atomic E-state index is 0.0202. The molecule has 3 heterocycles. The Balaban J connectivity index is 1.70. The summed E-state index contributed by atoms with van der Waals surface area (Å²) in [6, 6.07) is 11.5. The molecule has 5 rings (SSSR count). The second-order valence-electron chi connectivity index (χ2n) is 9.88. The number of aliphatic hydroxyl groups excluding tert-OH is 1. The third-order valence-corrected chi connectivity index (χ3v) is 7.39. The number of amides is 1. The van der Waals surface area contributed by atoms with Crippen LogP contribution in [0, 0.1) is 11.3 Å². The van der Waals surface area contributed by atoms with E-state index in [2.05, 4.69) is 34.5 Å². The third-order valence-electron chi connectivity index (χ3n) is 7.39. The van der Waals surface area contributed by atoms with Crippen molar-refractivity contribution in [2.75, 3.05) is 14.2 Å². The molecule has 37 heavy (non-hydrogen) atoms. The maximum atomic E-state index is 14.1. The van der Waals surface area contributed by atoms with Gasteiger partial charge in [0.15, 0.2) is 0 Å². The van der Waals surface area contributed by atoms with Gasteiger partial charge >= 0.3 is 6.01 Å². The Morgan fingerprint density at radius 1 is 1.08 bits per heavy atom. The first-order valence-electron chi connectivity index (χ1n) is 12.6. The highest BCUT2D eigenvalue weighted by Crippen LogP contribution is 2.47. The summed E-state index contributed by atoms with van der Waals surface area (Å²) in [5.74, 6) is 0.338. The van der Waals surface area contributed by atoms with E-state index in [0.29, 0.717) is 35.4 Å². The molecular weight excluding hydrogens is 470 g/mol. The molecule has 1 amide bonds. The predicted molar refractivity (Wildman–Crippen MR) is 136 cm³/mol. The monoisotopic (exact) mass is 501 g/mol. The number of methoxy groups -OCH3 is 2. The van der Waals surface area contributed by atoms with Gasteiger partial charge in [-0.25, -0.2) is 4.98 Å². The molecule has 1 aliphatic carbocycles. The zero-order valence-corrected chi connectivity index (χ0v) is 21.5. The van der Waals surface area contributed by atoms with Gasteiger partial charge in [-0.15, -0.1) is 0 Å². The van der Waals surface area contributed by atoms with Crippen LogP contribution in [0.1, 0.15) is 78.8 Å². The summed E-state index contributed by atoms with van der Waals surface area (Å²) in [5.41, 5.74) is 4.53. The lowest BCUT2D eigenvalue weighted by Gasteiger charge is -2.38. The van der Waals surface area contributed by atoms with Crippen LogP contribution in [-0.4, -0.2) is 56.8 Å². The molecule has 0 saturated heterocycles. The van der Waals surface area contributed by atoms with Gasteiger partial charge in [-0.1, -0.05) is 12.1 Å². The summed E-state index contributed by atoms with van der Waals surface area (Å²) in [5, 5.41) is 19.4. The van der Waals surface area contributed by atoms with Crippen LogP contribution in [0.2, 0.25) is 0 Å². The molecule has 1 fully saturated rings. The predicted octanol–water partition coefficient (Wildman–Crippen LogP) is 4.26. The Kier molecular flexibility index (Phi) is 6.61. The molecule has 192 valence electrons. The van der Waals surface area contributed by atoms with E-state index < -0.39 is 0 Å². The Morgan fingerprint density at radius 2 is 1.78 bits per heavy atom. The van der Waals surface area contributed by atoms with Crippen molar-refractivity contribution >= 4 is 5.91 Å². The molecule has 1 saturated carbocycles. The smallest absolute Gasteiger partial charge is 0.319 e. The molecule has 9 heteroatoms. The summed E-state index contributed by atoms with van der Waals surface area (Å²) in [4.78, 5) is 24.7. The lowest BCUT2D eigenvalue weighted by molar-refractivity contribution is 0.0458. The minimum Gasteiger partial charge on any atom is -0.480 e. The first kappa shape index (κ1) is 24.8. The Morgan fingerprint density at radius 3 is 2.38 bits per heavy atom. The molecule has 1 atom stereocenters. The lowest BCUT2D eigenvalue weighted by Crippen LogP contribution is -2.42. The number of fused-ring (bicyclic) bond motifs is 1. The van der Waals surface area contributed by atoms with Gasteiger partial charge in [-0.2, -0.15) is 10.2 Å². The highest BCUT2D eigenvalue weighted by molar-refractivity contribution is 6.01. The van der Waals surface area contributed by atoms with Crippen LogP contribution in [0.4, 0.5) is 0 Å². The second kappa shape index (κ2) is 9.87. The number of aliphatic hydroxyl groups is 1. The zero-order chi connectivity index (χ0) is 26.3. The number of hydrogen-bond acceptors (Lipinski definition) is 7. The average molecular weight is 502 g/mol. The molecule has 0 spiro atoms.